The third-order valence-electron chi connectivity index (χ3n) is 2.03. The maximum atomic E-state index is 9.53. The third-order valence-corrected chi connectivity index (χ3v) is 2.03. The lowest BCUT2D eigenvalue weighted by Crippen LogP contribution is -2.39. The molecule has 0 aromatic rings. The molecule has 56 valence electrons. The van der Waals surface area contributed by atoms with Gasteiger partial charge in [0.2, 0.25) is 0 Å². The standard InChI is InChI=1S/C8H13NO/c1-2-8(10)5-3-4-7(9)6-8/h1,7,10H,3-6,9H2/t7-,8-/m0/s1. The highest BCUT2D eigenvalue weighted by molar-refractivity contribution is 5.10. The van der Waals surface area contributed by atoms with E-state index in [9.17, 15) is 5.11 Å². The Labute approximate surface area is 61.4 Å². The van der Waals surface area contributed by atoms with E-state index >= 15 is 0 Å². The fraction of sp³-hybridized carbons (Fsp3) is 0.750. The molecule has 0 bridgehead atoms. The molecule has 0 unspecified atom stereocenters. The van der Waals surface area contributed by atoms with Crippen LogP contribution in [0.4, 0.5) is 0 Å². The summed E-state index contributed by atoms with van der Waals surface area (Å²) in [4.78, 5) is 0. The van der Waals surface area contributed by atoms with E-state index in [2.05, 4.69) is 5.92 Å². The van der Waals surface area contributed by atoms with Gasteiger partial charge in [-0.25, -0.2) is 0 Å². The summed E-state index contributed by atoms with van der Waals surface area (Å²) in [6.45, 7) is 0. The van der Waals surface area contributed by atoms with Crippen LogP contribution in [0.3, 0.4) is 0 Å². The molecule has 0 radical (unpaired) electrons. The van der Waals surface area contributed by atoms with Gasteiger partial charge in [-0.1, -0.05) is 5.92 Å². The van der Waals surface area contributed by atoms with Crippen molar-refractivity contribution >= 4 is 0 Å². The minimum Gasteiger partial charge on any atom is -0.378 e. The van der Waals surface area contributed by atoms with Gasteiger partial charge in [-0.3, -0.25) is 0 Å². The zero-order valence-corrected chi connectivity index (χ0v) is 6.01. The molecule has 1 rings (SSSR count). The van der Waals surface area contributed by atoms with E-state index < -0.39 is 5.60 Å². The highest BCUT2D eigenvalue weighted by Crippen LogP contribution is 2.26. The van der Waals surface area contributed by atoms with E-state index in [1.165, 1.54) is 0 Å². The van der Waals surface area contributed by atoms with E-state index in [-0.39, 0.29) is 6.04 Å². The molecule has 0 spiro atoms. The molecular weight excluding hydrogens is 126 g/mol. The van der Waals surface area contributed by atoms with Crippen molar-refractivity contribution in [2.45, 2.75) is 37.3 Å². The zero-order chi connectivity index (χ0) is 7.61. The Balaban J connectivity index is 2.56. The Bertz CT molecular complexity index is 161. The van der Waals surface area contributed by atoms with Crippen molar-refractivity contribution in [1.82, 2.24) is 0 Å². The lowest BCUT2D eigenvalue weighted by Gasteiger charge is -2.30. The Morgan fingerprint density at radius 1 is 1.70 bits per heavy atom. The zero-order valence-electron chi connectivity index (χ0n) is 6.01. The monoisotopic (exact) mass is 139 g/mol. The number of hydrogen-bond acceptors (Lipinski definition) is 2. The van der Waals surface area contributed by atoms with Crippen LogP contribution in [0.5, 0.6) is 0 Å². The highest BCUT2D eigenvalue weighted by Gasteiger charge is 2.30. The van der Waals surface area contributed by atoms with Gasteiger partial charge in [0.25, 0.3) is 0 Å². The number of nitrogens with two attached hydrogens (primary N) is 1. The van der Waals surface area contributed by atoms with Gasteiger partial charge in [0, 0.05) is 12.5 Å². The van der Waals surface area contributed by atoms with Crippen LogP contribution in [0.15, 0.2) is 0 Å². The quantitative estimate of drug-likeness (QED) is 0.473. The predicted molar refractivity (Wildman–Crippen MR) is 40.2 cm³/mol. The minimum atomic E-state index is -0.905. The first kappa shape index (κ1) is 7.59. The molecule has 2 heteroatoms. The first-order valence-corrected chi connectivity index (χ1v) is 3.62. The van der Waals surface area contributed by atoms with Crippen LogP contribution >= 0.6 is 0 Å². The molecule has 0 aromatic heterocycles. The first-order valence-electron chi connectivity index (χ1n) is 3.62. The van der Waals surface area contributed by atoms with Gasteiger partial charge in [0.15, 0.2) is 0 Å². The Kier molecular flexibility index (Phi) is 1.98. The van der Waals surface area contributed by atoms with Gasteiger partial charge in [-0.2, -0.15) is 0 Å². The summed E-state index contributed by atoms with van der Waals surface area (Å²) in [6.07, 6.45) is 8.35. The van der Waals surface area contributed by atoms with Crippen molar-refractivity contribution in [1.29, 1.82) is 0 Å². The molecular formula is C8H13NO. The first-order chi connectivity index (χ1) is 4.66. The molecule has 1 aliphatic rings. The Morgan fingerprint density at radius 2 is 2.40 bits per heavy atom. The van der Waals surface area contributed by atoms with Gasteiger partial charge in [0.1, 0.15) is 5.60 Å². The largest absolute Gasteiger partial charge is 0.378 e. The molecule has 1 saturated carbocycles. The van der Waals surface area contributed by atoms with Crippen LogP contribution in [0, 0.1) is 12.3 Å². The Hall–Kier alpha value is -0.520. The molecule has 0 heterocycles. The number of rotatable bonds is 0. The minimum absolute atomic E-state index is 0.0924. The maximum Gasteiger partial charge on any atom is 0.126 e. The van der Waals surface area contributed by atoms with Gasteiger partial charge in [0.05, 0.1) is 0 Å². The summed E-state index contributed by atoms with van der Waals surface area (Å²) in [5.41, 5.74) is 4.73. The second-order valence-electron chi connectivity index (χ2n) is 3.03. The van der Waals surface area contributed by atoms with Gasteiger partial charge in [-0.05, 0) is 19.3 Å². The second kappa shape index (κ2) is 2.61. The molecule has 0 aromatic carbocycles. The Morgan fingerprint density at radius 3 is 2.80 bits per heavy atom. The van der Waals surface area contributed by atoms with Crippen LogP contribution in [0.25, 0.3) is 0 Å². The number of hydrogen-bond donors (Lipinski definition) is 2. The molecule has 1 aliphatic carbocycles. The van der Waals surface area contributed by atoms with E-state index in [0.29, 0.717) is 12.8 Å². The van der Waals surface area contributed by atoms with Crippen LogP contribution in [0.2, 0.25) is 0 Å². The fourth-order valence-electron chi connectivity index (χ4n) is 1.43. The van der Waals surface area contributed by atoms with Crippen molar-refractivity contribution in [3.8, 4) is 12.3 Å². The van der Waals surface area contributed by atoms with Crippen molar-refractivity contribution in [3.63, 3.8) is 0 Å². The molecule has 3 N–H and O–H groups in total. The van der Waals surface area contributed by atoms with Crippen LogP contribution in [-0.2, 0) is 0 Å². The van der Waals surface area contributed by atoms with E-state index in [1.54, 1.807) is 0 Å². The average molecular weight is 139 g/mol. The smallest absolute Gasteiger partial charge is 0.126 e. The van der Waals surface area contributed by atoms with Crippen LogP contribution in [0.1, 0.15) is 25.7 Å². The lowest BCUT2D eigenvalue weighted by molar-refractivity contribution is 0.0534. The van der Waals surface area contributed by atoms with Gasteiger partial charge >= 0.3 is 0 Å². The normalized spacial score (nSPS) is 40.7. The number of terminal acetylenes is 1. The SMILES string of the molecule is C#C[C@]1(O)CCC[C@H](N)C1. The molecule has 0 aliphatic heterocycles. The summed E-state index contributed by atoms with van der Waals surface area (Å²) in [6, 6.07) is 0.0924. The molecule has 2 nitrogen and oxygen atoms in total. The second-order valence-corrected chi connectivity index (χ2v) is 3.03. The molecule has 0 amide bonds. The third kappa shape index (κ3) is 1.50. The fourth-order valence-corrected chi connectivity index (χ4v) is 1.43. The highest BCUT2D eigenvalue weighted by atomic mass is 16.3. The predicted octanol–water partition coefficient (Wildman–Crippen LogP) is 0.252. The topological polar surface area (TPSA) is 46.2 Å². The van der Waals surface area contributed by atoms with E-state index in [1.807, 2.05) is 0 Å². The van der Waals surface area contributed by atoms with Crippen LogP contribution < -0.4 is 5.73 Å². The van der Waals surface area contributed by atoms with Crippen molar-refractivity contribution in [2.24, 2.45) is 5.73 Å². The van der Waals surface area contributed by atoms with Crippen molar-refractivity contribution in [2.75, 3.05) is 0 Å². The molecule has 0 saturated heterocycles. The summed E-state index contributed by atoms with van der Waals surface area (Å²) in [7, 11) is 0. The lowest BCUT2D eigenvalue weighted by atomic mass is 9.83. The summed E-state index contributed by atoms with van der Waals surface area (Å²) >= 11 is 0. The number of aliphatic hydroxyl groups is 1. The van der Waals surface area contributed by atoms with Gasteiger partial charge in [-0.15, -0.1) is 6.42 Å². The van der Waals surface area contributed by atoms with E-state index in [4.69, 9.17) is 12.2 Å². The maximum absolute atomic E-state index is 9.53. The van der Waals surface area contributed by atoms with Crippen molar-refractivity contribution in [3.05, 3.63) is 0 Å². The van der Waals surface area contributed by atoms with Gasteiger partial charge < -0.3 is 10.8 Å². The van der Waals surface area contributed by atoms with Crippen LogP contribution in [-0.4, -0.2) is 16.7 Å². The molecule has 2 atom stereocenters. The summed E-state index contributed by atoms with van der Waals surface area (Å²) in [5, 5.41) is 9.53. The molecule has 1 fully saturated rings. The summed E-state index contributed by atoms with van der Waals surface area (Å²) in [5.74, 6) is 2.39. The summed E-state index contributed by atoms with van der Waals surface area (Å²) < 4.78 is 0. The van der Waals surface area contributed by atoms with E-state index in [0.717, 1.165) is 12.8 Å². The molecule has 10 heavy (non-hydrogen) atoms. The van der Waals surface area contributed by atoms with Crippen molar-refractivity contribution < 1.29 is 5.11 Å². The average Bonchev–Trinajstić information content (AvgIpc) is 1.88.